The first-order valence-corrected chi connectivity index (χ1v) is 10.9. The third-order valence-electron chi connectivity index (χ3n) is 4.05. The lowest BCUT2D eigenvalue weighted by Crippen LogP contribution is -2.38. The second-order valence-corrected chi connectivity index (χ2v) is 8.98. The molecule has 4 N–H and O–H groups in total. The number of aromatic nitrogens is 2. The van der Waals surface area contributed by atoms with E-state index in [-0.39, 0.29) is 37.6 Å². The van der Waals surface area contributed by atoms with E-state index in [0.717, 1.165) is 11.3 Å². The van der Waals surface area contributed by atoms with Crippen LogP contribution in [0.15, 0.2) is 53.6 Å². The van der Waals surface area contributed by atoms with Crippen LogP contribution >= 0.6 is 23.2 Å². The third kappa shape index (κ3) is 4.46. The number of hydrogen-bond acceptors (Lipinski definition) is 6. The second kappa shape index (κ2) is 8.44. The Kier molecular flexibility index (Phi) is 6.13. The van der Waals surface area contributed by atoms with Crippen molar-refractivity contribution in [1.29, 1.82) is 0 Å². The molecule has 0 saturated carbocycles. The summed E-state index contributed by atoms with van der Waals surface area (Å²) in [4.78, 5) is 25.4. The van der Waals surface area contributed by atoms with E-state index in [1.54, 1.807) is 6.07 Å². The molecule has 0 bridgehead atoms. The number of aromatic amines is 1. The number of anilines is 2. The van der Waals surface area contributed by atoms with E-state index in [9.17, 15) is 18.0 Å². The van der Waals surface area contributed by atoms with Crippen molar-refractivity contribution in [3.8, 4) is 0 Å². The summed E-state index contributed by atoms with van der Waals surface area (Å²) in [5, 5.41) is 9.84. The minimum Gasteiger partial charge on any atom is -0.319 e. The summed E-state index contributed by atoms with van der Waals surface area (Å²) in [6.45, 7) is 0. The average Bonchev–Trinajstić information content (AvgIpc) is 3.14. The number of H-pyrrole nitrogens is 1. The minimum atomic E-state index is -3.39. The molecule has 0 spiro atoms. The van der Waals surface area contributed by atoms with Crippen LogP contribution in [0, 0.1) is 0 Å². The topological polar surface area (TPSA) is 138 Å². The molecule has 0 atom stereocenters. The number of hydrazine groups is 1. The van der Waals surface area contributed by atoms with Gasteiger partial charge in [0.05, 0.1) is 38.1 Å². The number of nitrogens with zero attached hydrogens (tertiary/aromatic N) is 2. The molecular weight excluding hydrogens is 453 g/mol. The van der Waals surface area contributed by atoms with Crippen LogP contribution in [0.25, 0.3) is 0 Å². The van der Waals surface area contributed by atoms with Crippen molar-refractivity contribution in [3.63, 3.8) is 0 Å². The second-order valence-electron chi connectivity index (χ2n) is 6.15. The maximum Gasteiger partial charge on any atom is 0.292 e. The molecule has 0 aliphatic carbocycles. The monoisotopic (exact) mass is 467 g/mol. The molecule has 3 aromatic rings. The van der Waals surface area contributed by atoms with Crippen LogP contribution in [-0.2, 0) is 9.84 Å². The number of halogens is 2. The van der Waals surface area contributed by atoms with E-state index in [1.165, 1.54) is 42.6 Å². The molecular formula is C18H15Cl2N5O4S. The zero-order valence-electron chi connectivity index (χ0n) is 15.4. The molecule has 0 unspecified atom stereocenters. The van der Waals surface area contributed by atoms with Crippen LogP contribution < -0.4 is 16.2 Å². The maximum absolute atomic E-state index is 12.8. The molecule has 0 aliphatic heterocycles. The fourth-order valence-corrected chi connectivity index (χ4v) is 3.73. The van der Waals surface area contributed by atoms with Crippen LogP contribution in [0.4, 0.5) is 11.4 Å². The van der Waals surface area contributed by atoms with E-state index in [0.29, 0.717) is 0 Å². The number of nitrogens with one attached hydrogen (secondary N) is 2. The van der Waals surface area contributed by atoms with Gasteiger partial charge in [0, 0.05) is 6.26 Å². The van der Waals surface area contributed by atoms with Gasteiger partial charge in [-0.05, 0) is 36.4 Å². The van der Waals surface area contributed by atoms with Gasteiger partial charge in [0.1, 0.15) is 5.69 Å². The van der Waals surface area contributed by atoms with Gasteiger partial charge in [-0.1, -0.05) is 29.3 Å². The number of rotatable bonds is 5. The summed E-state index contributed by atoms with van der Waals surface area (Å²) in [5.41, 5.74) is 0.236. The molecule has 3 rings (SSSR count). The molecule has 2 aromatic carbocycles. The summed E-state index contributed by atoms with van der Waals surface area (Å²) < 4.78 is 23.1. The van der Waals surface area contributed by atoms with E-state index in [4.69, 9.17) is 29.0 Å². The molecule has 1 aromatic heterocycles. The van der Waals surface area contributed by atoms with Crippen LogP contribution in [0.2, 0.25) is 10.0 Å². The SMILES string of the molecule is CS(=O)(=O)c1ccc(N(N)C(=O)c2[nH]ncc2NC(=O)c2c(Cl)cccc2Cl)cc1. The Bertz CT molecular complexity index is 1210. The Morgan fingerprint density at radius 2 is 1.70 bits per heavy atom. The highest BCUT2D eigenvalue weighted by Crippen LogP contribution is 2.26. The summed E-state index contributed by atoms with van der Waals surface area (Å²) in [5.74, 6) is 4.52. The van der Waals surface area contributed by atoms with E-state index in [2.05, 4.69) is 15.5 Å². The largest absolute Gasteiger partial charge is 0.319 e. The first kappa shape index (κ1) is 21.8. The van der Waals surface area contributed by atoms with Crippen molar-refractivity contribution in [2.24, 2.45) is 5.84 Å². The number of sulfone groups is 1. The first-order valence-electron chi connectivity index (χ1n) is 8.27. The van der Waals surface area contributed by atoms with Crippen molar-refractivity contribution in [3.05, 3.63) is 70.0 Å². The Morgan fingerprint density at radius 1 is 1.10 bits per heavy atom. The average molecular weight is 468 g/mol. The summed E-state index contributed by atoms with van der Waals surface area (Å²) in [6, 6.07) is 10.0. The van der Waals surface area contributed by atoms with Crippen molar-refractivity contribution < 1.29 is 18.0 Å². The van der Waals surface area contributed by atoms with Crippen molar-refractivity contribution in [1.82, 2.24) is 10.2 Å². The number of benzene rings is 2. The summed E-state index contributed by atoms with van der Waals surface area (Å²) in [7, 11) is -3.39. The molecule has 0 saturated heterocycles. The highest BCUT2D eigenvalue weighted by molar-refractivity contribution is 7.90. The molecule has 1 heterocycles. The van der Waals surface area contributed by atoms with Crippen LogP contribution in [0.5, 0.6) is 0 Å². The number of amides is 2. The molecule has 0 fully saturated rings. The number of carbonyl (C=O) groups is 2. The molecule has 0 radical (unpaired) electrons. The molecule has 2 amide bonds. The van der Waals surface area contributed by atoms with Crippen LogP contribution in [0.1, 0.15) is 20.8 Å². The van der Waals surface area contributed by atoms with Crippen molar-refractivity contribution in [2.75, 3.05) is 16.6 Å². The standard InChI is InChI=1S/C18H15Cl2N5O4S/c1-30(28,29)11-7-5-10(6-8-11)25(21)18(27)16-14(9-22-24-16)23-17(26)15-12(19)3-2-4-13(15)20/h2-9H,21H2,1H3,(H,22,24)(H,23,26). The highest BCUT2D eigenvalue weighted by Gasteiger charge is 2.23. The zero-order chi connectivity index (χ0) is 22.1. The number of nitrogens with two attached hydrogens (primary N) is 1. The van der Waals surface area contributed by atoms with Crippen LogP contribution in [-0.4, -0.2) is 36.7 Å². The lowest BCUT2D eigenvalue weighted by atomic mass is 10.2. The van der Waals surface area contributed by atoms with Gasteiger partial charge in [0.25, 0.3) is 11.8 Å². The summed E-state index contributed by atoms with van der Waals surface area (Å²) in [6.07, 6.45) is 2.30. The van der Waals surface area contributed by atoms with Gasteiger partial charge in [-0.15, -0.1) is 0 Å². The van der Waals surface area contributed by atoms with E-state index < -0.39 is 21.7 Å². The first-order chi connectivity index (χ1) is 14.1. The smallest absolute Gasteiger partial charge is 0.292 e. The quantitative estimate of drug-likeness (QED) is 0.299. The molecule has 12 heteroatoms. The summed E-state index contributed by atoms with van der Waals surface area (Å²) >= 11 is 12.1. The predicted molar refractivity (Wildman–Crippen MR) is 114 cm³/mol. The maximum atomic E-state index is 12.8. The highest BCUT2D eigenvalue weighted by atomic mass is 35.5. The van der Waals surface area contributed by atoms with Gasteiger partial charge in [-0.2, -0.15) is 5.10 Å². The Hall–Kier alpha value is -2.92. The van der Waals surface area contributed by atoms with E-state index in [1.807, 2.05) is 0 Å². The molecule has 0 aliphatic rings. The van der Waals surface area contributed by atoms with Crippen molar-refractivity contribution >= 4 is 56.2 Å². The van der Waals surface area contributed by atoms with Gasteiger partial charge in [0.15, 0.2) is 9.84 Å². The third-order valence-corrected chi connectivity index (χ3v) is 5.81. The molecule has 30 heavy (non-hydrogen) atoms. The normalized spacial score (nSPS) is 11.2. The van der Waals surface area contributed by atoms with Gasteiger partial charge < -0.3 is 5.32 Å². The number of hydrogen-bond donors (Lipinski definition) is 3. The Balaban J connectivity index is 1.83. The van der Waals surface area contributed by atoms with E-state index >= 15 is 0 Å². The Morgan fingerprint density at radius 3 is 2.27 bits per heavy atom. The van der Waals surface area contributed by atoms with Gasteiger partial charge >= 0.3 is 0 Å². The molecule has 156 valence electrons. The van der Waals surface area contributed by atoms with Gasteiger partial charge in [-0.3, -0.25) is 14.7 Å². The fourth-order valence-electron chi connectivity index (χ4n) is 2.54. The fraction of sp³-hybridized carbons (Fsp3) is 0.0556. The van der Waals surface area contributed by atoms with Crippen LogP contribution in [0.3, 0.4) is 0 Å². The zero-order valence-corrected chi connectivity index (χ0v) is 17.7. The predicted octanol–water partition coefficient (Wildman–Crippen LogP) is 2.89. The van der Waals surface area contributed by atoms with Crippen molar-refractivity contribution in [2.45, 2.75) is 4.90 Å². The lowest BCUT2D eigenvalue weighted by molar-refractivity contribution is 0.0983. The molecule has 9 nitrogen and oxygen atoms in total. The lowest BCUT2D eigenvalue weighted by Gasteiger charge is -2.17. The minimum absolute atomic E-state index is 0.0430. The van der Waals surface area contributed by atoms with Gasteiger partial charge in [0.2, 0.25) is 0 Å². The number of carbonyl (C=O) groups excluding carboxylic acids is 2. The van der Waals surface area contributed by atoms with Gasteiger partial charge in [-0.25, -0.2) is 19.3 Å². The Labute approximate surface area is 181 Å².